The molecule has 3 rings (SSSR count). The van der Waals surface area contributed by atoms with E-state index in [2.05, 4.69) is 20.9 Å². The third-order valence-corrected chi connectivity index (χ3v) is 5.81. The fourth-order valence-corrected chi connectivity index (χ4v) is 4.15. The van der Waals surface area contributed by atoms with Crippen molar-refractivity contribution in [1.29, 1.82) is 0 Å². The Kier molecular flexibility index (Phi) is 4.46. The average molecular weight is 383 g/mol. The van der Waals surface area contributed by atoms with Crippen LogP contribution >= 0.6 is 15.9 Å². The molecule has 0 bridgehead atoms. The molecule has 0 aliphatic carbocycles. The molecule has 1 fully saturated rings. The molecule has 22 heavy (non-hydrogen) atoms. The molecule has 1 aromatic carbocycles. The number of ether oxygens (including phenoxy) is 1. The molecular formula is C15H15BrN2O3S. The Bertz CT molecular complexity index is 757. The number of hydrogen-bond donors (Lipinski definition) is 0. The highest BCUT2D eigenvalue weighted by molar-refractivity contribution is 9.10. The number of nitrogens with zero attached hydrogens (tertiary/aromatic N) is 2. The number of benzene rings is 1. The molecule has 0 N–H and O–H groups in total. The van der Waals surface area contributed by atoms with E-state index in [1.807, 2.05) is 18.2 Å². The van der Waals surface area contributed by atoms with Gasteiger partial charge in [-0.1, -0.05) is 22.0 Å². The number of pyridine rings is 1. The van der Waals surface area contributed by atoms with Crippen molar-refractivity contribution in [2.45, 2.75) is 17.7 Å². The number of rotatable bonds is 4. The molecule has 2 heterocycles. The van der Waals surface area contributed by atoms with Gasteiger partial charge < -0.3 is 4.74 Å². The van der Waals surface area contributed by atoms with Gasteiger partial charge in [0, 0.05) is 23.6 Å². The van der Waals surface area contributed by atoms with E-state index in [0.29, 0.717) is 24.7 Å². The minimum atomic E-state index is -3.43. The first kappa shape index (κ1) is 15.5. The largest absolute Gasteiger partial charge is 0.439 e. The summed E-state index contributed by atoms with van der Waals surface area (Å²) in [6, 6.07) is 10.5. The first-order chi connectivity index (χ1) is 10.6. The second-order valence-electron chi connectivity index (χ2n) is 5.00. The molecule has 0 unspecified atom stereocenters. The van der Waals surface area contributed by atoms with Crippen LogP contribution in [-0.2, 0) is 10.0 Å². The zero-order chi connectivity index (χ0) is 15.6. The minimum Gasteiger partial charge on any atom is -0.439 e. The Balaban J connectivity index is 1.78. The molecule has 0 radical (unpaired) electrons. The van der Waals surface area contributed by atoms with Crippen molar-refractivity contribution in [1.82, 2.24) is 9.29 Å². The summed E-state index contributed by atoms with van der Waals surface area (Å²) in [6.07, 6.45) is 3.18. The SMILES string of the molecule is O=S(=O)(c1ccc(Oc2cccc(Br)c2)nc1)N1CCCC1. The van der Waals surface area contributed by atoms with E-state index in [-0.39, 0.29) is 4.90 Å². The van der Waals surface area contributed by atoms with Crippen molar-refractivity contribution in [3.8, 4) is 11.6 Å². The number of aromatic nitrogens is 1. The highest BCUT2D eigenvalue weighted by Gasteiger charge is 2.27. The predicted molar refractivity (Wildman–Crippen MR) is 86.4 cm³/mol. The van der Waals surface area contributed by atoms with Gasteiger partial charge in [0.2, 0.25) is 15.9 Å². The van der Waals surface area contributed by atoms with Gasteiger partial charge in [-0.3, -0.25) is 0 Å². The monoisotopic (exact) mass is 382 g/mol. The maximum atomic E-state index is 12.4. The van der Waals surface area contributed by atoms with E-state index >= 15 is 0 Å². The molecule has 7 heteroatoms. The van der Waals surface area contributed by atoms with Gasteiger partial charge >= 0.3 is 0 Å². The van der Waals surface area contributed by atoms with E-state index in [4.69, 9.17) is 4.74 Å². The molecule has 2 aromatic rings. The highest BCUT2D eigenvalue weighted by Crippen LogP contribution is 2.25. The van der Waals surface area contributed by atoms with Gasteiger partial charge in [0.05, 0.1) is 6.20 Å². The quantitative estimate of drug-likeness (QED) is 0.812. The van der Waals surface area contributed by atoms with Crippen LogP contribution in [0.2, 0.25) is 0 Å². The lowest BCUT2D eigenvalue weighted by Gasteiger charge is -2.15. The highest BCUT2D eigenvalue weighted by atomic mass is 79.9. The topological polar surface area (TPSA) is 59.5 Å². The lowest BCUT2D eigenvalue weighted by Crippen LogP contribution is -2.27. The first-order valence-electron chi connectivity index (χ1n) is 6.95. The smallest absolute Gasteiger partial charge is 0.244 e. The van der Waals surface area contributed by atoms with Crippen molar-refractivity contribution >= 4 is 26.0 Å². The van der Waals surface area contributed by atoms with Crippen molar-refractivity contribution in [3.05, 3.63) is 47.1 Å². The summed E-state index contributed by atoms with van der Waals surface area (Å²) in [5, 5.41) is 0. The normalized spacial score (nSPS) is 15.9. The van der Waals surface area contributed by atoms with Gasteiger partial charge in [-0.25, -0.2) is 13.4 Å². The summed E-state index contributed by atoms with van der Waals surface area (Å²) < 4.78 is 32.8. The van der Waals surface area contributed by atoms with E-state index < -0.39 is 10.0 Å². The summed E-state index contributed by atoms with van der Waals surface area (Å²) in [5.41, 5.74) is 0. The third-order valence-electron chi connectivity index (χ3n) is 3.43. The molecule has 0 saturated carbocycles. The van der Waals surface area contributed by atoms with E-state index in [1.165, 1.54) is 16.6 Å². The van der Waals surface area contributed by atoms with E-state index in [0.717, 1.165) is 17.3 Å². The van der Waals surface area contributed by atoms with Crippen LogP contribution in [0, 0.1) is 0 Å². The van der Waals surface area contributed by atoms with Crippen LogP contribution in [0.1, 0.15) is 12.8 Å². The van der Waals surface area contributed by atoms with E-state index in [9.17, 15) is 8.42 Å². The summed E-state index contributed by atoms with van der Waals surface area (Å²) in [7, 11) is -3.43. The molecule has 1 aromatic heterocycles. The van der Waals surface area contributed by atoms with Crippen molar-refractivity contribution in [3.63, 3.8) is 0 Å². The molecule has 0 amide bonds. The summed E-state index contributed by atoms with van der Waals surface area (Å²) in [4.78, 5) is 4.30. The van der Waals surface area contributed by atoms with Crippen LogP contribution in [0.25, 0.3) is 0 Å². The summed E-state index contributed by atoms with van der Waals surface area (Å²) in [5.74, 6) is 0.996. The Hall–Kier alpha value is -1.44. The van der Waals surface area contributed by atoms with Gasteiger partial charge in [0.1, 0.15) is 10.6 Å². The summed E-state index contributed by atoms with van der Waals surface area (Å²) in [6.45, 7) is 1.16. The second-order valence-corrected chi connectivity index (χ2v) is 7.86. The fourth-order valence-electron chi connectivity index (χ4n) is 2.31. The van der Waals surface area contributed by atoms with Crippen molar-refractivity contribution < 1.29 is 13.2 Å². The zero-order valence-electron chi connectivity index (χ0n) is 11.8. The number of sulfonamides is 1. The van der Waals surface area contributed by atoms with Crippen LogP contribution < -0.4 is 4.74 Å². The van der Waals surface area contributed by atoms with Crippen LogP contribution in [-0.4, -0.2) is 30.8 Å². The lowest BCUT2D eigenvalue weighted by atomic mass is 10.3. The molecule has 1 aliphatic heterocycles. The lowest BCUT2D eigenvalue weighted by molar-refractivity contribution is 0.459. The van der Waals surface area contributed by atoms with Gasteiger partial charge in [-0.15, -0.1) is 0 Å². The standard InChI is InChI=1S/C15H15BrN2O3S/c16-12-4-3-5-13(10-12)21-15-7-6-14(11-17-15)22(19,20)18-8-1-2-9-18/h3-7,10-11H,1-2,8-9H2. The maximum absolute atomic E-state index is 12.4. The molecule has 5 nitrogen and oxygen atoms in total. The number of hydrogen-bond acceptors (Lipinski definition) is 4. The van der Waals surface area contributed by atoms with Gasteiger partial charge in [0.25, 0.3) is 0 Å². The average Bonchev–Trinajstić information content (AvgIpc) is 3.03. The molecule has 1 saturated heterocycles. The Labute approximate surface area is 138 Å². The molecule has 116 valence electrons. The second kappa shape index (κ2) is 6.36. The number of halogens is 1. The van der Waals surface area contributed by atoms with Crippen LogP contribution in [0.15, 0.2) is 52.0 Å². The Morgan fingerprint density at radius 2 is 1.91 bits per heavy atom. The van der Waals surface area contributed by atoms with Crippen LogP contribution in [0.5, 0.6) is 11.6 Å². The van der Waals surface area contributed by atoms with Gasteiger partial charge in [-0.05, 0) is 37.1 Å². The van der Waals surface area contributed by atoms with Crippen molar-refractivity contribution in [2.24, 2.45) is 0 Å². The fraction of sp³-hybridized carbons (Fsp3) is 0.267. The Morgan fingerprint density at radius 1 is 1.14 bits per heavy atom. The molecular weight excluding hydrogens is 368 g/mol. The van der Waals surface area contributed by atoms with Gasteiger partial charge in [-0.2, -0.15) is 4.31 Å². The summed E-state index contributed by atoms with van der Waals surface area (Å²) >= 11 is 3.37. The van der Waals surface area contributed by atoms with Crippen LogP contribution in [0.4, 0.5) is 0 Å². The predicted octanol–water partition coefficient (Wildman–Crippen LogP) is 3.42. The van der Waals surface area contributed by atoms with Crippen LogP contribution in [0.3, 0.4) is 0 Å². The van der Waals surface area contributed by atoms with Crippen molar-refractivity contribution in [2.75, 3.05) is 13.1 Å². The molecule has 0 atom stereocenters. The minimum absolute atomic E-state index is 0.205. The maximum Gasteiger partial charge on any atom is 0.244 e. The third kappa shape index (κ3) is 3.31. The molecule has 1 aliphatic rings. The van der Waals surface area contributed by atoms with Gasteiger partial charge in [0.15, 0.2) is 0 Å². The first-order valence-corrected chi connectivity index (χ1v) is 9.19. The van der Waals surface area contributed by atoms with E-state index in [1.54, 1.807) is 12.1 Å². The molecule has 0 spiro atoms. The zero-order valence-corrected chi connectivity index (χ0v) is 14.2. The Morgan fingerprint density at radius 3 is 2.55 bits per heavy atom.